The quantitative estimate of drug-likeness (QED) is 0.370. The van der Waals surface area contributed by atoms with E-state index in [-0.39, 0.29) is 5.69 Å². The van der Waals surface area contributed by atoms with E-state index in [0.29, 0.717) is 10.4 Å². The lowest BCUT2D eigenvalue weighted by molar-refractivity contribution is -0.141. The van der Waals surface area contributed by atoms with E-state index in [1.165, 1.54) is 41.7 Å². The Bertz CT molecular complexity index is 986. The number of rotatable bonds is 5. The molecule has 1 aromatic carbocycles. The number of nitrogens with zero attached hydrogens (tertiary/aromatic N) is 2. The summed E-state index contributed by atoms with van der Waals surface area (Å²) in [5.74, 6) is -1.46. The lowest BCUT2D eigenvalue weighted by atomic mass is 10.2. The number of carbonyl (C=O) groups excluding carboxylic acids is 1. The van der Waals surface area contributed by atoms with Gasteiger partial charge in [0.15, 0.2) is 5.69 Å². The van der Waals surface area contributed by atoms with E-state index in [1.54, 1.807) is 17.5 Å². The third-order valence-electron chi connectivity index (χ3n) is 3.38. The fourth-order valence-corrected chi connectivity index (χ4v) is 2.79. The van der Waals surface area contributed by atoms with Gasteiger partial charge >= 0.3 is 6.18 Å². The summed E-state index contributed by atoms with van der Waals surface area (Å²) >= 11 is 1.22. The van der Waals surface area contributed by atoms with Crippen molar-refractivity contribution >= 4 is 29.3 Å². The third-order valence-corrected chi connectivity index (χ3v) is 4.28. The number of hydrogen-bond acceptors (Lipinski definition) is 5. The number of alkyl halides is 3. The van der Waals surface area contributed by atoms with Gasteiger partial charge in [-0.1, -0.05) is 18.2 Å². The van der Waals surface area contributed by atoms with Gasteiger partial charge in [0, 0.05) is 6.08 Å². The fourth-order valence-electron chi connectivity index (χ4n) is 2.10. The molecule has 28 heavy (non-hydrogen) atoms. The van der Waals surface area contributed by atoms with Crippen molar-refractivity contribution in [1.29, 1.82) is 0 Å². The van der Waals surface area contributed by atoms with E-state index in [9.17, 15) is 22.4 Å². The Kier molecular flexibility index (Phi) is 5.69. The summed E-state index contributed by atoms with van der Waals surface area (Å²) in [6, 6.07) is 9.56. The van der Waals surface area contributed by atoms with Crippen LogP contribution >= 0.6 is 11.3 Å². The van der Waals surface area contributed by atoms with E-state index < -0.39 is 29.5 Å². The molecule has 0 fully saturated rings. The third kappa shape index (κ3) is 5.13. The van der Waals surface area contributed by atoms with Crippen molar-refractivity contribution in [2.45, 2.75) is 6.18 Å². The lowest BCUT2D eigenvalue weighted by Gasteiger charge is -2.11. The lowest BCUT2D eigenvalue weighted by Crippen LogP contribution is -2.29. The molecule has 5 nitrogen and oxygen atoms in total. The first-order valence-electron chi connectivity index (χ1n) is 7.81. The average Bonchev–Trinajstić information content (AvgIpc) is 3.20. The molecule has 2 heterocycles. The summed E-state index contributed by atoms with van der Waals surface area (Å²) in [6.07, 6.45) is -2.12. The molecule has 3 rings (SSSR count). The molecule has 0 atom stereocenters. The second kappa shape index (κ2) is 8.17. The summed E-state index contributed by atoms with van der Waals surface area (Å²) in [6.45, 7) is 0. The molecule has 10 heteroatoms. The molecule has 0 aliphatic heterocycles. The summed E-state index contributed by atoms with van der Waals surface area (Å²) < 4.78 is 52.1. The Labute approximate surface area is 160 Å². The molecule has 0 bridgehead atoms. The molecular formula is C18H12F4N4OS. The van der Waals surface area contributed by atoms with Crippen LogP contribution in [0.3, 0.4) is 0 Å². The van der Waals surface area contributed by atoms with Crippen LogP contribution in [0.1, 0.15) is 11.3 Å². The second-order valence-electron chi connectivity index (χ2n) is 5.44. The zero-order valence-corrected chi connectivity index (χ0v) is 14.8. The highest BCUT2D eigenvalue weighted by Gasteiger charge is 2.34. The van der Waals surface area contributed by atoms with Crippen LogP contribution < -0.4 is 10.9 Å². The van der Waals surface area contributed by atoms with Crippen LogP contribution in [-0.2, 0) is 11.0 Å². The van der Waals surface area contributed by atoms with Gasteiger partial charge in [-0.15, -0.1) is 11.3 Å². The van der Waals surface area contributed by atoms with Gasteiger partial charge in [0.05, 0.1) is 10.6 Å². The second-order valence-corrected chi connectivity index (χ2v) is 6.38. The maximum atomic E-state index is 13.1. The zero-order valence-electron chi connectivity index (χ0n) is 14.0. The van der Waals surface area contributed by atoms with E-state index in [1.807, 2.05) is 0 Å². The Morgan fingerprint density at radius 2 is 1.86 bits per heavy atom. The van der Waals surface area contributed by atoms with Gasteiger partial charge in [0.25, 0.3) is 5.91 Å². The number of carbonyl (C=O) groups is 1. The van der Waals surface area contributed by atoms with Gasteiger partial charge in [0.2, 0.25) is 5.95 Å². The van der Waals surface area contributed by atoms with Crippen molar-refractivity contribution in [3.05, 3.63) is 71.0 Å². The topological polar surface area (TPSA) is 66.9 Å². The van der Waals surface area contributed by atoms with Crippen LogP contribution in [0.4, 0.5) is 23.5 Å². The molecule has 144 valence electrons. The summed E-state index contributed by atoms with van der Waals surface area (Å²) in [7, 11) is 0. The van der Waals surface area contributed by atoms with E-state index in [0.717, 1.165) is 12.1 Å². The SMILES string of the molecule is O=C(C=Cc1ccc(F)cc1)NNc1nc(-c2cccs2)cc(C(F)(F)F)n1. The maximum Gasteiger partial charge on any atom is 0.433 e. The number of nitrogens with one attached hydrogen (secondary N) is 2. The minimum Gasteiger partial charge on any atom is -0.268 e. The first-order chi connectivity index (χ1) is 13.3. The van der Waals surface area contributed by atoms with Crippen LogP contribution in [0, 0.1) is 5.82 Å². The maximum absolute atomic E-state index is 13.1. The molecule has 1 amide bonds. The van der Waals surface area contributed by atoms with Crippen molar-refractivity contribution in [2.24, 2.45) is 0 Å². The number of hydrazine groups is 1. The number of halogens is 4. The molecule has 0 saturated carbocycles. The predicted octanol–water partition coefficient (Wildman–Crippen LogP) is 4.52. The first-order valence-corrected chi connectivity index (χ1v) is 8.69. The van der Waals surface area contributed by atoms with Crippen molar-refractivity contribution in [3.8, 4) is 10.6 Å². The van der Waals surface area contributed by atoms with Gasteiger partial charge in [-0.05, 0) is 41.3 Å². The summed E-state index contributed by atoms with van der Waals surface area (Å²) in [4.78, 5) is 19.8. The number of amides is 1. The van der Waals surface area contributed by atoms with Crippen LogP contribution in [0.25, 0.3) is 16.6 Å². The molecule has 0 spiro atoms. The Hall–Kier alpha value is -3.27. The van der Waals surface area contributed by atoms with E-state index >= 15 is 0 Å². The van der Waals surface area contributed by atoms with Gasteiger partial charge in [-0.2, -0.15) is 13.2 Å². The Morgan fingerprint density at radius 3 is 2.50 bits per heavy atom. The van der Waals surface area contributed by atoms with Crippen LogP contribution in [0.2, 0.25) is 0 Å². The highest BCUT2D eigenvalue weighted by Crippen LogP contribution is 2.32. The molecule has 2 aromatic heterocycles. The van der Waals surface area contributed by atoms with Gasteiger partial charge in [-0.25, -0.2) is 14.4 Å². The molecule has 2 N–H and O–H groups in total. The molecule has 0 saturated heterocycles. The molecule has 0 aliphatic carbocycles. The van der Waals surface area contributed by atoms with Crippen molar-refractivity contribution < 1.29 is 22.4 Å². The highest BCUT2D eigenvalue weighted by atomic mass is 32.1. The number of benzene rings is 1. The summed E-state index contributed by atoms with van der Waals surface area (Å²) in [5, 5.41) is 1.71. The smallest absolute Gasteiger partial charge is 0.268 e. The number of hydrogen-bond donors (Lipinski definition) is 2. The van der Waals surface area contributed by atoms with E-state index in [4.69, 9.17) is 0 Å². The minimum atomic E-state index is -4.67. The van der Waals surface area contributed by atoms with Crippen LogP contribution in [0.15, 0.2) is 53.9 Å². The van der Waals surface area contributed by atoms with Gasteiger partial charge in [-0.3, -0.25) is 15.6 Å². The number of anilines is 1. The number of thiophene rings is 1. The first kappa shape index (κ1) is 19.5. The molecule has 0 radical (unpaired) electrons. The Balaban J connectivity index is 1.73. The van der Waals surface area contributed by atoms with E-state index in [2.05, 4.69) is 20.8 Å². The molecule has 0 aliphatic rings. The highest BCUT2D eigenvalue weighted by molar-refractivity contribution is 7.13. The van der Waals surface area contributed by atoms with Crippen molar-refractivity contribution in [1.82, 2.24) is 15.4 Å². The normalized spacial score (nSPS) is 11.6. The Morgan fingerprint density at radius 1 is 1.11 bits per heavy atom. The minimum absolute atomic E-state index is 0.0796. The monoisotopic (exact) mass is 408 g/mol. The fraction of sp³-hybridized carbons (Fsp3) is 0.0556. The largest absolute Gasteiger partial charge is 0.433 e. The molecule has 3 aromatic rings. The van der Waals surface area contributed by atoms with Crippen LogP contribution in [0.5, 0.6) is 0 Å². The average molecular weight is 408 g/mol. The predicted molar refractivity (Wildman–Crippen MR) is 97.5 cm³/mol. The standard InChI is InChI=1S/C18H12F4N4OS/c19-12-6-3-11(4-7-12)5-8-16(27)25-26-17-23-13(14-2-1-9-28-14)10-15(24-17)18(20,21)22/h1-10H,(H,25,27)(H,23,24,26). The van der Waals surface area contributed by atoms with Crippen LogP contribution in [-0.4, -0.2) is 15.9 Å². The summed E-state index contributed by atoms with van der Waals surface area (Å²) in [5.41, 5.74) is 3.99. The van der Waals surface area contributed by atoms with Crippen molar-refractivity contribution in [2.75, 3.05) is 5.43 Å². The van der Waals surface area contributed by atoms with Gasteiger partial charge < -0.3 is 0 Å². The van der Waals surface area contributed by atoms with Crippen molar-refractivity contribution in [3.63, 3.8) is 0 Å². The number of aromatic nitrogens is 2. The zero-order chi connectivity index (χ0) is 20.1. The molecule has 0 unspecified atom stereocenters. The molecular weight excluding hydrogens is 396 g/mol. The van der Waals surface area contributed by atoms with Gasteiger partial charge in [0.1, 0.15) is 5.82 Å².